The van der Waals surface area contributed by atoms with Crippen LogP contribution < -0.4 is 11.3 Å². The van der Waals surface area contributed by atoms with Crippen molar-refractivity contribution in [2.24, 2.45) is 5.84 Å². The van der Waals surface area contributed by atoms with Crippen molar-refractivity contribution in [3.63, 3.8) is 0 Å². The van der Waals surface area contributed by atoms with E-state index in [1.54, 1.807) is 0 Å². The van der Waals surface area contributed by atoms with E-state index in [0.29, 0.717) is 11.2 Å². The van der Waals surface area contributed by atoms with Gasteiger partial charge in [0.25, 0.3) is 0 Å². The summed E-state index contributed by atoms with van der Waals surface area (Å²) in [5.41, 5.74) is 3.83. The Labute approximate surface area is 117 Å². The summed E-state index contributed by atoms with van der Waals surface area (Å²) in [7, 11) is 0. The molecule has 0 aliphatic rings. The van der Waals surface area contributed by atoms with Gasteiger partial charge in [-0.25, -0.2) is 5.84 Å². The summed E-state index contributed by atoms with van der Waals surface area (Å²) >= 11 is 1.49. The van der Waals surface area contributed by atoms with Gasteiger partial charge in [-0.05, 0) is 19.4 Å². The highest BCUT2D eigenvalue weighted by atomic mass is 32.1. The lowest BCUT2D eigenvalue weighted by molar-refractivity contribution is 0.203. The van der Waals surface area contributed by atoms with Crippen LogP contribution in [0.4, 0.5) is 5.13 Å². The summed E-state index contributed by atoms with van der Waals surface area (Å²) in [6, 6.07) is 10.9. The molecule has 3 N–H and O–H groups in total. The zero-order valence-corrected chi connectivity index (χ0v) is 12.0. The Morgan fingerprint density at radius 2 is 1.95 bits per heavy atom. The zero-order chi connectivity index (χ0) is 13.7. The molecule has 0 atom stereocenters. The fraction of sp³-hybridized carbons (Fsp3) is 0.385. The van der Waals surface area contributed by atoms with E-state index in [2.05, 4.69) is 58.6 Å². The molecule has 5 nitrogen and oxygen atoms in total. The van der Waals surface area contributed by atoms with E-state index in [1.807, 2.05) is 6.07 Å². The zero-order valence-electron chi connectivity index (χ0n) is 11.2. The van der Waals surface area contributed by atoms with E-state index in [-0.39, 0.29) is 0 Å². The minimum atomic E-state index is 0.443. The number of nitrogens with zero attached hydrogens (tertiary/aromatic N) is 3. The fourth-order valence-electron chi connectivity index (χ4n) is 1.79. The summed E-state index contributed by atoms with van der Waals surface area (Å²) in [6.45, 7) is 6.06. The predicted molar refractivity (Wildman–Crippen MR) is 78.5 cm³/mol. The van der Waals surface area contributed by atoms with Crippen LogP contribution in [0, 0.1) is 0 Å². The van der Waals surface area contributed by atoms with Crippen LogP contribution in [-0.2, 0) is 13.1 Å². The number of hydrogen-bond donors (Lipinski definition) is 2. The average molecular weight is 277 g/mol. The van der Waals surface area contributed by atoms with Crippen molar-refractivity contribution in [3.8, 4) is 0 Å². The summed E-state index contributed by atoms with van der Waals surface area (Å²) < 4.78 is 0. The van der Waals surface area contributed by atoms with Crippen LogP contribution in [0.3, 0.4) is 0 Å². The molecule has 19 heavy (non-hydrogen) atoms. The van der Waals surface area contributed by atoms with Gasteiger partial charge in [-0.15, -0.1) is 10.2 Å². The molecule has 6 heteroatoms. The van der Waals surface area contributed by atoms with E-state index in [0.717, 1.165) is 18.1 Å². The molecule has 0 saturated carbocycles. The number of anilines is 1. The Morgan fingerprint density at radius 3 is 2.53 bits per heavy atom. The van der Waals surface area contributed by atoms with E-state index in [1.165, 1.54) is 16.9 Å². The van der Waals surface area contributed by atoms with Crippen LogP contribution in [0.2, 0.25) is 0 Å². The molecule has 2 rings (SSSR count). The summed E-state index contributed by atoms with van der Waals surface area (Å²) in [5.74, 6) is 5.32. The maximum atomic E-state index is 5.32. The second-order valence-corrected chi connectivity index (χ2v) is 5.69. The minimum Gasteiger partial charge on any atom is -0.298 e. The Kier molecular flexibility index (Phi) is 4.84. The first kappa shape index (κ1) is 13.9. The third kappa shape index (κ3) is 3.99. The third-order valence-corrected chi connectivity index (χ3v) is 3.73. The van der Waals surface area contributed by atoms with E-state index in [9.17, 15) is 0 Å². The summed E-state index contributed by atoms with van der Waals surface area (Å²) in [5, 5.41) is 9.72. The molecule has 2 aromatic rings. The van der Waals surface area contributed by atoms with Gasteiger partial charge in [-0.1, -0.05) is 41.7 Å². The van der Waals surface area contributed by atoms with Crippen molar-refractivity contribution in [1.82, 2.24) is 15.1 Å². The molecular weight excluding hydrogens is 258 g/mol. The van der Waals surface area contributed by atoms with Crippen LogP contribution in [0.25, 0.3) is 0 Å². The standard InChI is InChI=1S/C13H19N5S/c1-10(2)18(8-11-6-4-3-5-7-11)9-12-16-17-13(15-14)19-12/h3-7,10H,8-9,14H2,1-2H3,(H,15,17). The number of benzene rings is 1. The van der Waals surface area contributed by atoms with Crippen LogP contribution in [0.15, 0.2) is 30.3 Å². The number of aromatic nitrogens is 2. The lowest BCUT2D eigenvalue weighted by Crippen LogP contribution is -2.29. The third-order valence-electron chi connectivity index (χ3n) is 2.89. The smallest absolute Gasteiger partial charge is 0.219 e. The summed E-state index contributed by atoms with van der Waals surface area (Å²) in [6.07, 6.45) is 0. The molecule has 102 valence electrons. The molecular formula is C13H19N5S. The number of nitrogens with two attached hydrogens (primary N) is 1. The lowest BCUT2D eigenvalue weighted by atomic mass is 10.2. The molecule has 1 aromatic carbocycles. The second-order valence-electron chi connectivity index (χ2n) is 4.63. The highest BCUT2D eigenvalue weighted by molar-refractivity contribution is 7.15. The fourth-order valence-corrected chi connectivity index (χ4v) is 2.46. The topological polar surface area (TPSA) is 67.1 Å². The molecule has 1 heterocycles. The van der Waals surface area contributed by atoms with Gasteiger partial charge >= 0.3 is 0 Å². The van der Waals surface area contributed by atoms with Crippen molar-refractivity contribution in [2.75, 3.05) is 5.43 Å². The Balaban J connectivity index is 2.04. The van der Waals surface area contributed by atoms with E-state index < -0.39 is 0 Å². The Bertz CT molecular complexity index is 497. The van der Waals surface area contributed by atoms with Gasteiger partial charge in [0.1, 0.15) is 5.01 Å². The number of nitrogens with one attached hydrogen (secondary N) is 1. The maximum Gasteiger partial charge on any atom is 0.219 e. The normalized spacial score (nSPS) is 11.2. The quantitative estimate of drug-likeness (QED) is 0.626. The number of nitrogen functional groups attached to an aromatic ring is 1. The van der Waals surface area contributed by atoms with Crippen molar-refractivity contribution in [1.29, 1.82) is 0 Å². The van der Waals surface area contributed by atoms with Gasteiger partial charge in [0.2, 0.25) is 5.13 Å². The first-order valence-corrected chi connectivity index (χ1v) is 7.07. The summed E-state index contributed by atoms with van der Waals surface area (Å²) in [4.78, 5) is 2.36. The van der Waals surface area contributed by atoms with E-state index >= 15 is 0 Å². The largest absolute Gasteiger partial charge is 0.298 e. The van der Waals surface area contributed by atoms with Gasteiger partial charge in [0, 0.05) is 12.6 Å². The number of rotatable bonds is 6. The van der Waals surface area contributed by atoms with Gasteiger partial charge < -0.3 is 0 Å². The first-order chi connectivity index (χ1) is 9.19. The monoisotopic (exact) mass is 277 g/mol. The highest BCUT2D eigenvalue weighted by Gasteiger charge is 2.13. The molecule has 0 spiro atoms. The van der Waals surface area contributed by atoms with Crippen molar-refractivity contribution in [2.45, 2.75) is 33.0 Å². The average Bonchev–Trinajstić information content (AvgIpc) is 2.87. The number of hydrogen-bond acceptors (Lipinski definition) is 6. The molecule has 0 aliphatic heterocycles. The second kappa shape index (κ2) is 6.60. The van der Waals surface area contributed by atoms with Crippen LogP contribution in [0.5, 0.6) is 0 Å². The van der Waals surface area contributed by atoms with Gasteiger partial charge in [-0.3, -0.25) is 10.3 Å². The molecule has 1 aromatic heterocycles. The van der Waals surface area contributed by atoms with Gasteiger partial charge in [0.15, 0.2) is 0 Å². The minimum absolute atomic E-state index is 0.443. The van der Waals surface area contributed by atoms with E-state index in [4.69, 9.17) is 5.84 Å². The van der Waals surface area contributed by atoms with Crippen LogP contribution in [-0.4, -0.2) is 21.1 Å². The Morgan fingerprint density at radius 1 is 1.21 bits per heavy atom. The molecule has 0 saturated heterocycles. The van der Waals surface area contributed by atoms with Gasteiger partial charge in [-0.2, -0.15) is 0 Å². The van der Waals surface area contributed by atoms with Crippen LogP contribution >= 0.6 is 11.3 Å². The maximum absolute atomic E-state index is 5.32. The van der Waals surface area contributed by atoms with Crippen molar-refractivity contribution >= 4 is 16.5 Å². The first-order valence-electron chi connectivity index (χ1n) is 6.26. The van der Waals surface area contributed by atoms with Crippen molar-refractivity contribution in [3.05, 3.63) is 40.9 Å². The molecule has 0 bridgehead atoms. The SMILES string of the molecule is CC(C)N(Cc1ccccc1)Cc1nnc(NN)s1. The molecule has 0 aliphatic carbocycles. The number of hydrazine groups is 1. The molecule has 0 amide bonds. The Hall–Kier alpha value is -1.50. The highest BCUT2D eigenvalue weighted by Crippen LogP contribution is 2.18. The molecule has 0 unspecified atom stereocenters. The van der Waals surface area contributed by atoms with Crippen LogP contribution in [0.1, 0.15) is 24.4 Å². The predicted octanol–water partition coefficient (Wildman–Crippen LogP) is 2.23. The van der Waals surface area contributed by atoms with Gasteiger partial charge in [0.05, 0.1) is 6.54 Å². The lowest BCUT2D eigenvalue weighted by Gasteiger charge is -2.25. The molecule has 0 fully saturated rings. The van der Waals surface area contributed by atoms with Crippen molar-refractivity contribution < 1.29 is 0 Å². The molecule has 0 radical (unpaired) electrons.